The topological polar surface area (TPSA) is 76.0 Å². The van der Waals surface area contributed by atoms with E-state index in [1.807, 2.05) is 30.5 Å². The molecule has 27 heavy (non-hydrogen) atoms. The minimum atomic E-state index is -0.252. The lowest BCUT2D eigenvalue weighted by atomic mass is 10.1. The third kappa shape index (κ3) is 4.50. The molecule has 6 nitrogen and oxygen atoms in total. The predicted octanol–water partition coefficient (Wildman–Crippen LogP) is 3.33. The third-order valence-electron chi connectivity index (χ3n) is 4.89. The van der Waals surface area contributed by atoms with E-state index in [0.717, 1.165) is 43.5 Å². The molecule has 2 amide bonds. The number of hydrogen-bond donors (Lipinski definition) is 2. The molecule has 0 saturated heterocycles. The van der Waals surface area contributed by atoms with Crippen LogP contribution in [0, 0.1) is 0 Å². The van der Waals surface area contributed by atoms with Crippen molar-refractivity contribution in [1.82, 2.24) is 20.2 Å². The summed E-state index contributed by atoms with van der Waals surface area (Å²) < 4.78 is 1.90. The molecule has 1 unspecified atom stereocenters. The van der Waals surface area contributed by atoms with Gasteiger partial charge in [0.15, 0.2) is 5.82 Å². The number of rotatable bonds is 6. The Morgan fingerprint density at radius 3 is 2.67 bits per heavy atom. The van der Waals surface area contributed by atoms with Gasteiger partial charge in [0.2, 0.25) is 0 Å². The van der Waals surface area contributed by atoms with Gasteiger partial charge in [-0.2, -0.15) is 0 Å². The molecule has 2 heterocycles. The van der Waals surface area contributed by atoms with Crippen LogP contribution in [0.4, 0.5) is 0 Å². The van der Waals surface area contributed by atoms with Gasteiger partial charge in [-0.1, -0.05) is 30.7 Å². The fourth-order valence-electron chi connectivity index (χ4n) is 3.16. The molecule has 2 aromatic rings. The van der Waals surface area contributed by atoms with Crippen LogP contribution in [0.1, 0.15) is 65.5 Å². The Labute approximate surface area is 164 Å². The maximum Gasteiger partial charge on any atom is 0.287 e. The summed E-state index contributed by atoms with van der Waals surface area (Å²) in [7, 11) is 0. The maximum atomic E-state index is 12.7. The number of halogens is 1. The monoisotopic (exact) mass is 388 g/mol. The zero-order valence-corrected chi connectivity index (χ0v) is 16.5. The van der Waals surface area contributed by atoms with Crippen LogP contribution in [0.3, 0.4) is 0 Å². The van der Waals surface area contributed by atoms with Crippen LogP contribution in [0.25, 0.3) is 0 Å². The number of nitrogens with one attached hydrogen (secondary N) is 2. The number of benzene rings is 1. The number of carbonyl (C=O) groups is 2. The predicted molar refractivity (Wildman–Crippen MR) is 105 cm³/mol. The van der Waals surface area contributed by atoms with Crippen LogP contribution in [0.15, 0.2) is 24.3 Å². The highest BCUT2D eigenvalue weighted by Gasteiger charge is 2.27. The molecule has 1 aromatic heterocycles. The Balaban J connectivity index is 1.79. The molecular formula is C20H25ClN4O2. The summed E-state index contributed by atoms with van der Waals surface area (Å²) in [4.78, 5) is 29.7. The van der Waals surface area contributed by atoms with E-state index < -0.39 is 0 Å². The molecule has 1 atom stereocenters. The molecule has 0 fully saturated rings. The second-order valence-corrected chi connectivity index (χ2v) is 7.37. The van der Waals surface area contributed by atoms with Crippen molar-refractivity contribution in [2.24, 2.45) is 0 Å². The first-order valence-electron chi connectivity index (χ1n) is 9.42. The number of amides is 2. The van der Waals surface area contributed by atoms with E-state index >= 15 is 0 Å². The molecule has 0 radical (unpaired) electrons. The molecule has 1 aliphatic rings. The highest BCUT2D eigenvalue weighted by atomic mass is 35.5. The Bertz CT molecular complexity index is 829. The van der Waals surface area contributed by atoms with E-state index in [2.05, 4.69) is 15.6 Å². The van der Waals surface area contributed by atoms with Crippen molar-refractivity contribution in [3.63, 3.8) is 0 Å². The summed E-state index contributed by atoms with van der Waals surface area (Å²) in [5.74, 6) is -0.135. The van der Waals surface area contributed by atoms with Crippen LogP contribution in [0.2, 0.25) is 5.02 Å². The summed E-state index contributed by atoms with van der Waals surface area (Å²) in [5, 5.41) is 6.50. The van der Waals surface area contributed by atoms with Crippen LogP contribution in [-0.2, 0) is 19.5 Å². The zero-order chi connectivity index (χ0) is 19.4. The van der Waals surface area contributed by atoms with E-state index in [4.69, 9.17) is 11.6 Å². The van der Waals surface area contributed by atoms with Gasteiger partial charge in [-0.05, 0) is 50.3 Å². The molecule has 0 bridgehead atoms. The van der Waals surface area contributed by atoms with Crippen molar-refractivity contribution in [3.8, 4) is 0 Å². The summed E-state index contributed by atoms with van der Waals surface area (Å²) in [5.41, 5.74) is 2.16. The quantitative estimate of drug-likeness (QED) is 0.796. The van der Waals surface area contributed by atoms with Gasteiger partial charge in [0.05, 0.1) is 5.69 Å². The van der Waals surface area contributed by atoms with Crippen LogP contribution in [-0.4, -0.2) is 27.4 Å². The first-order valence-corrected chi connectivity index (χ1v) is 9.80. The van der Waals surface area contributed by atoms with Crippen LogP contribution >= 0.6 is 11.6 Å². The van der Waals surface area contributed by atoms with Gasteiger partial charge in [0.25, 0.3) is 11.8 Å². The average Bonchev–Trinajstić information content (AvgIpc) is 3.07. The smallest absolute Gasteiger partial charge is 0.287 e. The van der Waals surface area contributed by atoms with E-state index in [-0.39, 0.29) is 17.9 Å². The lowest BCUT2D eigenvalue weighted by Crippen LogP contribution is -2.34. The Hall–Kier alpha value is -2.34. The summed E-state index contributed by atoms with van der Waals surface area (Å²) in [6.07, 6.45) is 3.58. The van der Waals surface area contributed by atoms with Gasteiger partial charge in [0.1, 0.15) is 5.69 Å². The molecule has 0 spiro atoms. The summed E-state index contributed by atoms with van der Waals surface area (Å²) in [6.45, 7) is 5.08. The number of imidazole rings is 1. The van der Waals surface area contributed by atoms with Gasteiger partial charge in [0, 0.05) is 24.2 Å². The normalized spacial score (nSPS) is 14.3. The number of carbonyl (C=O) groups excluding carboxylic acids is 2. The Kier molecular flexibility index (Phi) is 6.16. The maximum absolute atomic E-state index is 12.7. The minimum absolute atomic E-state index is 0.0659. The lowest BCUT2D eigenvalue weighted by molar-refractivity contribution is 0.0923. The highest BCUT2D eigenvalue weighted by molar-refractivity contribution is 6.30. The summed E-state index contributed by atoms with van der Waals surface area (Å²) in [6, 6.07) is 7.39. The van der Waals surface area contributed by atoms with Gasteiger partial charge in [-0.25, -0.2) is 4.98 Å². The second kappa shape index (κ2) is 8.57. The molecule has 2 N–H and O–H groups in total. The largest absolute Gasteiger partial charge is 0.347 e. The van der Waals surface area contributed by atoms with Crippen molar-refractivity contribution < 1.29 is 9.59 Å². The standard InChI is InChI=1S/C20H25ClN4O2/c1-3-13(2)23-20(27)18-24-17(16-6-4-5-11-25(16)18)19(26)22-12-14-7-9-15(21)10-8-14/h7-10,13H,3-6,11-12H2,1-2H3,(H,22,26)(H,23,27). The van der Waals surface area contributed by atoms with E-state index in [0.29, 0.717) is 23.1 Å². The second-order valence-electron chi connectivity index (χ2n) is 6.93. The molecular weight excluding hydrogens is 364 g/mol. The van der Waals surface area contributed by atoms with Crippen molar-refractivity contribution >= 4 is 23.4 Å². The van der Waals surface area contributed by atoms with Crippen molar-refractivity contribution in [2.45, 2.75) is 58.7 Å². The van der Waals surface area contributed by atoms with Gasteiger partial charge in [-0.3, -0.25) is 9.59 Å². The first kappa shape index (κ1) is 19.4. The first-order chi connectivity index (χ1) is 13.0. The van der Waals surface area contributed by atoms with E-state index in [9.17, 15) is 9.59 Å². The molecule has 1 aliphatic heterocycles. The highest BCUT2D eigenvalue weighted by Crippen LogP contribution is 2.21. The average molecular weight is 389 g/mol. The minimum Gasteiger partial charge on any atom is -0.347 e. The lowest BCUT2D eigenvalue weighted by Gasteiger charge is -2.18. The third-order valence-corrected chi connectivity index (χ3v) is 5.14. The number of fused-ring (bicyclic) bond motifs is 1. The Morgan fingerprint density at radius 1 is 1.22 bits per heavy atom. The number of hydrogen-bond acceptors (Lipinski definition) is 3. The van der Waals surface area contributed by atoms with Crippen molar-refractivity contribution in [3.05, 3.63) is 52.1 Å². The van der Waals surface area contributed by atoms with E-state index in [1.165, 1.54) is 0 Å². The van der Waals surface area contributed by atoms with Crippen molar-refractivity contribution in [2.75, 3.05) is 0 Å². The SMILES string of the molecule is CCC(C)NC(=O)c1nc(C(=O)NCc2ccc(Cl)cc2)c2n1CCCC2. The molecule has 0 aliphatic carbocycles. The molecule has 1 aromatic carbocycles. The zero-order valence-electron chi connectivity index (χ0n) is 15.7. The fourth-order valence-corrected chi connectivity index (χ4v) is 3.28. The summed E-state index contributed by atoms with van der Waals surface area (Å²) >= 11 is 5.89. The molecule has 3 rings (SSSR count). The molecule has 144 valence electrons. The van der Waals surface area contributed by atoms with Gasteiger partial charge in [-0.15, -0.1) is 0 Å². The molecule has 0 saturated carbocycles. The fraction of sp³-hybridized carbons (Fsp3) is 0.450. The number of aromatic nitrogens is 2. The number of nitrogens with zero attached hydrogens (tertiary/aromatic N) is 2. The van der Waals surface area contributed by atoms with Gasteiger partial charge >= 0.3 is 0 Å². The van der Waals surface area contributed by atoms with Crippen molar-refractivity contribution in [1.29, 1.82) is 0 Å². The van der Waals surface area contributed by atoms with Crippen LogP contribution in [0.5, 0.6) is 0 Å². The van der Waals surface area contributed by atoms with E-state index in [1.54, 1.807) is 12.1 Å². The molecule has 7 heteroatoms. The Morgan fingerprint density at radius 2 is 1.96 bits per heavy atom. The van der Waals surface area contributed by atoms with Gasteiger partial charge < -0.3 is 15.2 Å². The van der Waals surface area contributed by atoms with Crippen LogP contribution < -0.4 is 10.6 Å².